The Hall–Kier alpha value is -1.18. The molecule has 0 saturated heterocycles. The van der Waals surface area contributed by atoms with Crippen LogP contribution in [0, 0.1) is 23.2 Å². The maximum absolute atomic E-state index is 12.7. The van der Waals surface area contributed by atoms with Crippen molar-refractivity contribution in [2.75, 3.05) is 0 Å². The fraction of sp³-hybridized carbons (Fsp3) is 0.625. The smallest absolute Gasteiger partial charge is 0.155 e. The minimum absolute atomic E-state index is 0.0819. The third-order valence-corrected chi connectivity index (χ3v) is 4.90. The zero-order chi connectivity index (χ0) is 13.5. The zero-order valence-electron chi connectivity index (χ0n) is 11.5. The first-order valence-electron chi connectivity index (χ1n) is 6.80. The molecule has 2 aliphatic carbocycles. The molecule has 0 unspecified atom stereocenters. The molecule has 2 aliphatic rings. The molecule has 18 heavy (non-hydrogen) atoms. The largest absolute Gasteiger partial charge is 0.298 e. The van der Waals surface area contributed by atoms with Gasteiger partial charge in [0.25, 0.3) is 0 Å². The van der Waals surface area contributed by atoms with E-state index in [2.05, 4.69) is 13.5 Å². The van der Waals surface area contributed by atoms with E-state index in [0.29, 0.717) is 24.5 Å². The Kier molecular flexibility index (Phi) is 3.31. The first-order chi connectivity index (χ1) is 8.38. The zero-order valence-corrected chi connectivity index (χ0v) is 11.5. The summed E-state index contributed by atoms with van der Waals surface area (Å²) in [6, 6.07) is 0. The van der Waals surface area contributed by atoms with E-state index in [4.69, 9.17) is 0 Å². The number of Topliss-reactive ketones (excluding diaryl/α,β-unsaturated/α-hetero) is 1. The Balaban J connectivity index is 2.45. The molecule has 0 heterocycles. The van der Waals surface area contributed by atoms with Crippen LogP contribution in [0.2, 0.25) is 0 Å². The Morgan fingerprint density at radius 1 is 1.39 bits per heavy atom. The van der Waals surface area contributed by atoms with E-state index in [-0.39, 0.29) is 17.6 Å². The van der Waals surface area contributed by atoms with Crippen LogP contribution < -0.4 is 0 Å². The fourth-order valence-electron chi connectivity index (χ4n) is 3.52. The van der Waals surface area contributed by atoms with Crippen molar-refractivity contribution in [3.63, 3.8) is 0 Å². The second-order valence-electron chi connectivity index (χ2n) is 6.10. The number of allylic oxidation sites excluding steroid dienone is 3. The number of carbonyl (C=O) groups is 2. The second kappa shape index (κ2) is 4.49. The van der Waals surface area contributed by atoms with Crippen molar-refractivity contribution < 1.29 is 9.59 Å². The molecule has 0 aromatic rings. The Bertz CT molecular complexity index is 432. The van der Waals surface area contributed by atoms with Crippen molar-refractivity contribution in [3.8, 4) is 0 Å². The van der Waals surface area contributed by atoms with Gasteiger partial charge in [-0.1, -0.05) is 32.1 Å². The van der Waals surface area contributed by atoms with Gasteiger partial charge in [0.1, 0.15) is 5.78 Å². The van der Waals surface area contributed by atoms with Crippen molar-refractivity contribution >= 4 is 11.6 Å². The maximum Gasteiger partial charge on any atom is 0.155 e. The van der Waals surface area contributed by atoms with Crippen LogP contribution in [0.5, 0.6) is 0 Å². The average Bonchev–Trinajstić information content (AvgIpc) is 2.34. The molecular weight excluding hydrogens is 224 g/mol. The summed E-state index contributed by atoms with van der Waals surface area (Å²) in [7, 11) is 0. The molecule has 2 rings (SSSR count). The van der Waals surface area contributed by atoms with Gasteiger partial charge < -0.3 is 0 Å². The number of ketones is 2. The number of carbonyl (C=O) groups excluding carboxylic acids is 2. The predicted molar refractivity (Wildman–Crippen MR) is 72.1 cm³/mol. The SMILES string of the molecule is C=C(C)[C@@H]1C[C@@H](C)[C@H](C)C(=O)[C@]12C=CC(=O)CC2. The summed E-state index contributed by atoms with van der Waals surface area (Å²) in [5, 5.41) is 0. The van der Waals surface area contributed by atoms with E-state index in [1.165, 1.54) is 0 Å². The summed E-state index contributed by atoms with van der Waals surface area (Å²) < 4.78 is 0. The van der Waals surface area contributed by atoms with E-state index in [0.717, 1.165) is 12.0 Å². The molecule has 98 valence electrons. The molecule has 0 bridgehead atoms. The van der Waals surface area contributed by atoms with Crippen LogP contribution in [0.15, 0.2) is 24.3 Å². The minimum Gasteiger partial charge on any atom is -0.298 e. The van der Waals surface area contributed by atoms with Crippen LogP contribution in [-0.2, 0) is 9.59 Å². The molecule has 2 heteroatoms. The Morgan fingerprint density at radius 3 is 2.56 bits per heavy atom. The lowest BCUT2D eigenvalue weighted by Crippen LogP contribution is -2.49. The van der Waals surface area contributed by atoms with Gasteiger partial charge in [-0.3, -0.25) is 9.59 Å². The molecule has 1 fully saturated rings. The van der Waals surface area contributed by atoms with Crippen LogP contribution in [0.25, 0.3) is 0 Å². The highest BCUT2D eigenvalue weighted by atomic mass is 16.1. The van der Waals surface area contributed by atoms with Crippen molar-refractivity contribution in [3.05, 3.63) is 24.3 Å². The third kappa shape index (κ3) is 1.88. The van der Waals surface area contributed by atoms with Crippen LogP contribution in [0.4, 0.5) is 0 Å². The molecule has 2 nitrogen and oxygen atoms in total. The summed E-state index contributed by atoms with van der Waals surface area (Å²) in [5.74, 6) is 1.12. The summed E-state index contributed by atoms with van der Waals surface area (Å²) in [6.45, 7) is 10.2. The van der Waals surface area contributed by atoms with Gasteiger partial charge in [0.2, 0.25) is 0 Å². The van der Waals surface area contributed by atoms with Gasteiger partial charge in [-0.25, -0.2) is 0 Å². The topological polar surface area (TPSA) is 34.1 Å². The molecule has 0 aromatic heterocycles. The van der Waals surface area contributed by atoms with Crippen LogP contribution in [0.1, 0.15) is 40.0 Å². The molecule has 1 spiro atoms. The fourth-order valence-corrected chi connectivity index (χ4v) is 3.52. The summed E-state index contributed by atoms with van der Waals surface area (Å²) >= 11 is 0. The predicted octanol–water partition coefficient (Wildman–Crippen LogP) is 3.33. The number of rotatable bonds is 1. The molecular formula is C16H22O2. The van der Waals surface area contributed by atoms with Gasteiger partial charge in [0.05, 0.1) is 5.41 Å². The van der Waals surface area contributed by atoms with E-state index in [9.17, 15) is 9.59 Å². The maximum atomic E-state index is 12.7. The van der Waals surface area contributed by atoms with Crippen LogP contribution in [0.3, 0.4) is 0 Å². The van der Waals surface area contributed by atoms with E-state index < -0.39 is 5.41 Å². The van der Waals surface area contributed by atoms with E-state index in [1.54, 1.807) is 6.08 Å². The first-order valence-corrected chi connectivity index (χ1v) is 6.80. The lowest BCUT2D eigenvalue weighted by atomic mass is 9.55. The molecule has 0 aliphatic heterocycles. The summed E-state index contributed by atoms with van der Waals surface area (Å²) in [5.41, 5.74) is 0.618. The summed E-state index contributed by atoms with van der Waals surface area (Å²) in [6.07, 6.45) is 5.65. The lowest BCUT2D eigenvalue weighted by Gasteiger charge is -2.47. The van der Waals surface area contributed by atoms with Crippen molar-refractivity contribution in [2.24, 2.45) is 23.2 Å². The number of hydrogen-bond donors (Lipinski definition) is 0. The lowest BCUT2D eigenvalue weighted by molar-refractivity contribution is -0.139. The second-order valence-corrected chi connectivity index (χ2v) is 6.10. The van der Waals surface area contributed by atoms with Crippen LogP contribution >= 0.6 is 0 Å². The third-order valence-electron chi connectivity index (χ3n) is 4.90. The van der Waals surface area contributed by atoms with Gasteiger partial charge in [-0.15, -0.1) is 0 Å². The first kappa shape index (κ1) is 13.3. The minimum atomic E-state index is -0.453. The highest BCUT2D eigenvalue weighted by Crippen LogP contribution is 2.51. The van der Waals surface area contributed by atoms with Gasteiger partial charge in [-0.05, 0) is 37.7 Å². The normalized spacial score (nSPS) is 40.3. The van der Waals surface area contributed by atoms with Gasteiger partial charge >= 0.3 is 0 Å². The standard InChI is InChI=1S/C16H22O2/c1-10(2)14-9-11(3)12(4)15(18)16(14)7-5-13(17)6-8-16/h5,7,11-12,14H,1,6,8-9H2,2-4H3/t11-,12+,14+,16+/m1/s1. The monoisotopic (exact) mass is 246 g/mol. The molecule has 0 radical (unpaired) electrons. The Morgan fingerprint density at radius 2 is 2.06 bits per heavy atom. The van der Waals surface area contributed by atoms with Crippen molar-refractivity contribution in [2.45, 2.75) is 40.0 Å². The summed E-state index contributed by atoms with van der Waals surface area (Å²) in [4.78, 5) is 24.1. The highest BCUT2D eigenvalue weighted by Gasteiger charge is 2.51. The molecule has 0 amide bonds. The average molecular weight is 246 g/mol. The highest BCUT2D eigenvalue weighted by molar-refractivity contribution is 5.97. The van der Waals surface area contributed by atoms with Crippen molar-refractivity contribution in [1.29, 1.82) is 0 Å². The Labute approximate surface area is 109 Å². The molecule has 0 N–H and O–H groups in total. The number of hydrogen-bond acceptors (Lipinski definition) is 2. The van der Waals surface area contributed by atoms with Gasteiger partial charge in [0, 0.05) is 12.3 Å². The van der Waals surface area contributed by atoms with Gasteiger partial charge in [0.15, 0.2) is 5.78 Å². The molecule has 4 atom stereocenters. The van der Waals surface area contributed by atoms with Crippen molar-refractivity contribution in [1.82, 2.24) is 0 Å². The van der Waals surface area contributed by atoms with E-state index in [1.807, 2.05) is 19.9 Å². The molecule has 1 saturated carbocycles. The van der Waals surface area contributed by atoms with Crippen LogP contribution in [-0.4, -0.2) is 11.6 Å². The quantitative estimate of drug-likeness (QED) is 0.665. The van der Waals surface area contributed by atoms with E-state index >= 15 is 0 Å². The van der Waals surface area contributed by atoms with Gasteiger partial charge in [-0.2, -0.15) is 0 Å². The molecule has 0 aromatic carbocycles.